The Kier molecular flexibility index (Phi) is 8.50. The van der Waals surface area contributed by atoms with E-state index in [9.17, 15) is 38.4 Å². The molecule has 32 heavy (non-hydrogen) atoms. The normalized spacial score (nSPS) is 28.4. The molecule has 13 nitrogen and oxygen atoms in total. The molecule has 6 atom stereocenters. The van der Waals surface area contributed by atoms with Crippen LogP contribution in [0.15, 0.2) is 21.9 Å². The van der Waals surface area contributed by atoms with Gasteiger partial charge in [0.05, 0.1) is 25.5 Å². The second kappa shape index (κ2) is 10.3. The summed E-state index contributed by atoms with van der Waals surface area (Å²) in [6, 6.07) is 0.994. The molecule has 1 aromatic rings. The van der Waals surface area contributed by atoms with Gasteiger partial charge in [-0.05, 0) is 20.8 Å². The number of alkyl halides is 1. The molecule has 15 heteroatoms. The van der Waals surface area contributed by atoms with Gasteiger partial charge in [-0.25, -0.2) is 14.4 Å². The number of aromatic nitrogens is 2. The van der Waals surface area contributed by atoms with E-state index in [-0.39, 0.29) is 0 Å². The summed E-state index contributed by atoms with van der Waals surface area (Å²) in [7, 11) is -4.55. The fourth-order valence-electron chi connectivity index (χ4n) is 3.11. The Morgan fingerprint density at radius 3 is 2.69 bits per heavy atom. The molecule has 1 aromatic heterocycles. The van der Waals surface area contributed by atoms with Gasteiger partial charge in [0, 0.05) is 18.2 Å². The van der Waals surface area contributed by atoms with Crippen molar-refractivity contribution in [1.29, 1.82) is 0 Å². The van der Waals surface area contributed by atoms with Crippen molar-refractivity contribution < 1.29 is 42.9 Å². The van der Waals surface area contributed by atoms with Gasteiger partial charge in [-0.1, -0.05) is 0 Å². The molecule has 0 amide bonds. The Hall–Kier alpha value is -1.93. The fraction of sp³-hybridized carbons (Fsp3) is 0.706. The molecule has 1 aliphatic rings. The highest BCUT2D eigenvalue weighted by Gasteiger charge is 2.55. The first-order valence-electron chi connectivity index (χ1n) is 9.63. The van der Waals surface area contributed by atoms with Gasteiger partial charge in [0.2, 0.25) is 0 Å². The largest absolute Gasteiger partial charge is 0.462 e. The molecule has 0 saturated carbocycles. The predicted molar refractivity (Wildman–Crippen MR) is 106 cm³/mol. The van der Waals surface area contributed by atoms with Crippen molar-refractivity contribution in [2.45, 2.75) is 50.9 Å². The summed E-state index contributed by atoms with van der Waals surface area (Å²) in [5.74, 6) is -2.13. The van der Waals surface area contributed by atoms with Gasteiger partial charge in [0.1, 0.15) is 18.2 Å². The number of aliphatic hydroxyl groups excluding tert-OH is 1. The Morgan fingerprint density at radius 1 is 1.47 bits per heavy atom. The summed E-state index contributed by atoms with van der Waals surface area (Å²) in [5.41, 5.74) is -3.71. The number of nitrogens with one attached hydrogen (secondary N) is 2. The van der Waals surface area contributed by atoms with Gasteiger partial charge in [-0.2, -0.15) is 0 Å². The molecule has 1 saturated heterocycles. The van der Waals surface area contributed by atoms with Crippen molar-refractivity contribution in [3.05, 3.63) is 33.1 Å². The van der Waals surface area contributed by atoms with Crippen LogP contribution >= 0.6 is 7.75 Å². The maximum atomic E-state index is 13.7. The van der Waals surface area contributed by atoms with Crippen LogP contribution in [0.1, 0.15) is 27.0 Å². The smallest absolute Gasteiger partial charge is 0.403 e. The number of carbonyl (C=O) groups is 1. The number of carbonyl (C=O) groups excluding carboxylic acids is 1. The van der Waals surface area contributed by atoms with Gasteiger partial charge >= 0.3 is 19.4 Å². The number of ether oxygens (including phenoxy) is 2. The molecule has 182 valence electrons. The Balaban J connectivity index is 2.08. The van der Waals surface area contributed by atoms with Crippen LogP contribution in [-0.4, -0.2) is 74.4 Å². The summed E-state index contributed by atoms with van der Waals surface area (Å²) in [4.78, 5) is 46.5. The number of esters is 1. The van der Waals surface area contributed by atoms with Crippen molar-refractivity contribution >= 4 is 13.7 Å². The lowest BCUT2D eigenvalue weighted by Gasteiger charge is -2.28. The monoisotopic (exact) mass is 483 g/mol. The number of rotatable bonds is 10. The molecule has 2 rings (SSSR count). The van der Waals surface area contributed by atoms with E-state index in [0.717, 1.165) is 23.8 Å². The Labute approximate surface area is 181 Å². The van der Waals surface area contributed by atoms with E-state index >= 15 is 0 Å². The van der Waals surface area contributed by atoms with Crippen molar-refractivity contribution in [2.24, 2.45) is 5.92 Å². The molecule has 0 bridgehead atoms. The molecular formula is C17H27FN3O10P. The second-order valence-corrected chi connectivity index (χ2v) is 9.36. The minimum Gasteiger partial charge on any atom is -0.462 e. The summed E-state index contributed by atoms with van der Waals surface area (Å²) < 4.78 is 41.7. The average molecular weight is 483 g/mol. The maximum Gasteiger partial charge on any atom is 0.403 e. The number of aromatic amines is 1. The number of nitrogens with zero attached hydrogens (tertiary/aromatic N) is 1. The van der Waals surface area contributed by atoms with E-state index in [1.807, 2.05) is 10.1 Å². The SMILES string of the molecule is CC(C)OC(=O)CNP(=O)(O)OCC(CF)C1O[C@@H](n2ccc(=O)[nH]c2=O)[C@](C)(O)[C@@H]1O. The molecule has 1 fully saturated rings. The molecule has 0 spiro atoms. The minimum absolute atomic E-state index is 0.434. The van der Waals surface area contributed by atoms with Crippen LogP contribution in [0.5, 0.6) is 0 Å². The average Bonchev–Trinajstić information content (AvgIpc) is 2.91. The van der Waals surface area contributed by atoms with E-state index in [2.05, 4.69) is 0 Å². The zero-order valence-electron chi connectivity index (χ0n) is 17.6. The number of H-pyrrole nitrogens is 1. The first kappa shape index (κ1) is 26.3. The molecule has 0 aliphatic carbocycles. The molecular weight excluding hydrogens is 456 g/mol. The van der Waals surface area contributed by atoms with Crippen LogP contribution in [0.4, 0.5) is 4.39 Å². The summed E-state index contributed by atoms with van der Waals surface area (Å²) in [6.07, 6.45) is -4.05. The van der Waals surface area contributed by atoms with Crippen LogP contribution < -0.4 is 16.3 Å². The fourth-order valence-corrected chi connectivity index (χ4v) is 3.92. The van der Waals surface area contributed by atoms with Gasteiger partial charge in [0.15, 0.2) is 6.23 Å². The molecule has 2 heterocycles. The lowest BCUT2D eigenvalue weighted by atomic mass is 9.90. The third-order valence-corrected chi connectivity index (χ3v) is 5.77. The van der Waals surface area contributed by atoms with E-state index in [0.29, 0.717) is 0 Å². The summed E-state index contributed by atoms with van der Waals surface area (Å²) in [5, 5.41) is 23.1. The highest BCUT2D eigenvalue weighted by molar-refractivity contribution is 7.50. The molecule has 1 aliphatic heterocycles. The van der Waals surface area contributed by atoms with E-state index in [1.54, 1.807) is 13.8 Å². The molecule has 0 aromatic carbocycles. The number of hydrogen-bond donors (Lipinski definition) is 5. The third kappa shape index (κ3) is 6.32. The van der Waals surface area contributed by atoms with E-state index in [4.69, 9.17) is 14.0 Å². The lowest BCUT2D eigenvalue weighted by Crippen LogP contribution is -2.47. The van der Waals surface area contributed by atoms with E-state index in [1.165, 1.54) is 0 Å². The van der Waals surface area contributed by atoms with Crippen molar-refractivity contribution in [2.75, 3.05) is 19.8 Å². The number of halogens is 1. The van der Waals surface area contributed by atoms with Crippen molar-refractivity contribution in [3.8, 4) is 0 Å². The topological polar surface area (TPSA) is 189 Å². The highest BCUT2D eigenvalue weighted by atomic mass is 31.2. The summed E-state index contributed by atoms with van der Waals surface area (Å²) >= 11 is 0. The van der Waals surface area contributed by atoms with Gasteiger partial charge in [-0.3, -0.25) is 28.1 Å². The van der Waals surface area contributed by atoms with Gasteiger partial charge in [0.25, 0.3) is 5.56 Å². The first-order chi connectivity index (χ1) is 14.8. The molecule has 0 radical (unpaired) electrons. The molecule has 5 N–H and O–H groups in total. The minimum atomic E-state index is -4.55. The van der Waals surface area contributed by atoms with Gasteiger partial charge < -0.3 is 24.6 Å². The van der Waals surface area contributed by atoms with Crippen LogP contribution in [-0.2, 0) is 23.4 Å². The van der Waals surface area contributed by atoms with Crippen molar-refractivity contribution in [1.82, 2.24) is 14.6 Å². The van der Waals surface area contributed by atoms with Crippen LogP contribution in [0.2, 0.25) is 0 Å². The number of aliphatic hydroxyl groups is 2. The van der Waals surface area contributed by atoms with Crippen LogP contribution in [0.3, 0.4) is 0 Å². The van der Waals surface area contributed by atoms with Gasteiger partial charge in [-0.15, -0.1) is 0 Å². The summed E-state index contributed by atoms with van der Waals surface area (Å²) in [6.45, 7) is 1.78. The third-order valence-electron chi connectivity index (χ3n) is 4.72. The highest BCUT2D eigenvalue weighted by Crippen LogP contribution is 2.42. The lowest BCUT2D eigenvalue weighted by molar-refractivity contribution is -0.146. The van der Waals surface area contributed by atoms with Crippen LogP contribution in [0.25, 0.3) is 0 Å². The first-order valence-corrected chi connectivity index (χ1v) is 11.2. The van der Waals surface area contributed by atoms with Crippen molar-refractivity contribution in [3.63, 3.8) is 0 Å². The zero-order chi connectivity index (χ0) is 24.3. The van der Waals surface area contributed by atoms with E-state index < -0.39 is 80.8 Å². The van der Waals surface area contributed by atoms with Crippen LogP contribution in [0, 0.1) is 5.92 Å². The predicted octanol–water partition coefficient (Wildman–Crippen LogP) is -1.21. The second-order valence-electron chi connectivity index (χ2n) is 7.75. The quantitative estimate of drug-likeness (QED) is 0.198. The molecule has 3 unspecified atom stereocenters. The zero-order valence-corrected chi connectivity index (χ0v) is 18.5. The maximum absolute atomic E-state index is 13.7. The standard InChI is InChI=1S/C17H27FN3O10P/c1-9(2)30-12(23)7-19-32(27,28)29-8-10(6-18)13-14(24)17(3,26)15(31-13)21-5-4-11(22)20-16(21)25/h4-5,9-10,13-15,24,26H,6-8H2,1-3H3,(H2,19,27,28)(H,20,22,25)/t10?,13?,14-,15-,17-/m1/s1. The Morgan fingerprint density at radius 2 is 2.12 bits per heavy atom. The number of hydrogen-bond acceptors (Lipinski definition) is 9. The Bertz CT molecular complexity index is 964.